The van der Waals surface area contributed by atoms with Gasteiger partial charge in [-0.1, -0.05) is 93.6 Å². The van der Waals surface area contributed by atoms with Crippen molar-refractivity contribution in [3.05, 3.63) is 96.7 Å². The summed E-state index contributed by atoms with van der Waals surface area (Å²) in [7, 11) is -1.71. The van der Waals surface area contributed by atoms with Gasteiger partial charge in [0.1, 0.15) is 5.82 Å². The Morgan fingerprint density at radius 2 is 1.36 bits per heavy atom. The van der Waals surface area contributed by atoms with Crippen LogP contribution < -0.4 is 0 Å². The standard InChI is InChI=1S/C29H34N2OSi/c1-29(2,3)33(4,5)32-21-20-23-16-18-26(19-17-23)31-22-27(24-12-8-6-9-13-24)30-28(31)25-14-10-7-11-15-25/h6-19,22H,20-21H2,1-5H3. The molecule has 0 radical (unpaired) electrons. The van der Waals surface area contributed by atoms with Gasteiger partial charge in [0.25, 0.3) is 0 Å². The Morgan fingerprint density at radius 3 is 1.94 bits per heavy atom. The third kappa shape index (κ3) is 5.35. The van der Waals surface area contributed by atoms with E-state index in [-0.39, 0.29) is 5.04 Å². The van der Waals surface area contributed by atoms with Crippen molar-refractivity contribution in [2.45, 2.75) is 45.3 Å². The average molecular weight is 455 g/mol. The maximum absolute atomic E-state index is 6.37. The van der Waals surface area contributed by atoms with Crippen molar-refractivity contribution < 1.29 is 4.43 Å². The number of benzene rings is 3. The lowest BCUT2D eigenvalue weighted by molar-refractivity contribution is 0.292. The van der Waals surface area contributed by atoms with Crippen LogP contribution in [0.5, 0.6) is 0 Å². The Labute approximate surface area is 199 Å². The molecule has 0 fully saturated rings. The van der Waals surface area contributed by atoms with E-state index in [1.807, 2.05) is 12.1 Å². The Kier molecular flexibility index (Phi) is 6.68. The van der Waals surface area contributed by atoms with E-state index in [9.17, 15) is 0 Å². The van der Waals surface area contributed by atoms with Crippen molar-refractivity contribution in [2.24, 2.45) is 0 Å². The molecule has 0 saturated carbocycles. The molecule has 3 nitrogen and oxygen atoms in total. The van der Waals surface area contributed by atoms with Gasteiger partial charge < -0.3 is 4.43 Å². The molecule has 0 aliphatic rings. The molecule has 0 aliphatic carbocycles. The summed E-state index contributed by atoms with van der Waals surface area (Å²) in [5.41, 5.74) is 5.60. The van der Waals surface area contributed by atoms with E-state index >= 15 is 0 Å². The zero-order chi connectivity index (χ0) is 23.5. The topological polar surface area (TPSA) is 27.1 Å². The van der Waals surface area contributed by atoms with Crippen LogP contribution in [-0.2, 0) is 10.8 Å². The summed E-state index contributed by atoms with van der Waals surface area (Å²) in [4.78, 5) is 5.00. The van der Waals surface area contributed by atoms with Gasteiger partial charge in [-0.3, -0.25) is 4.57 Å². The Morgan fingerprint density at radius 1 is 0.788 bits per heavy atom. The lowest BCUT2D eigenvalue weighted by atomic mass is 10.1. The SMILES string of the molecule is CC(C)(C)[Si](C)(C)OCCc1ccc(-n2cc(-c3ccccc3)nc2-c2ccccc2)cc1. The van der Waals surface area contributed by atoms with Gasteiger partial charge >= 0.3 is 0 Å². The number of nitrogens with zero attached hydrogens (tertiary/aromatic N) is 2. The molecule has 0 unspecified atom stereocenters. The van der Waals surface area contributed by atoms with Gasteiger partial charge in [0.2, 0.25) is 0 Å². The smallest absolute Gasteiger partial charge is 0.191 e. The molecule has 4 rings (SSSR count). The summed E-state index contributed by atoms with van der Waals surface area (Å²) in [6.45, 7) is 12.2. The van der Waals surface area contributed by atoms with Crippen molar-refractivity contribution in [2.75, 3.05) is 6.61 Å². The molecule has 3 aromatic carbocycles. The summed E-state index contributed by atoms with van der Waals surface area (Å²) in [5, 5.41) is 0.239. The minimum absolute atomic E-state index is 0.239. The van der Waals surface area contributed by atoms with E-state index in [2.05, 4.69) is 117 Å². The van der Waals surface area contributed by atoms with Crippen molar-refractivity contribution >= 4 is 8.32 Å². The highest BCUT2D eigenvalue weighted by Crippen LogP contribution is 2.36. The third-order valence-corrected chi connectivity index (χ3v) is 11.2. The second-order valence-corrected chi connectivity index (χ2v) is 14.9. The van der Waals surface area contributed by atoms with E-state index in [4.69, 9.17) is 9.41 Å². The van der Waals surface area contributed by atoms with E-state index in [0.29, 0.717) is 0 Å². The first-order valence-electron chi connectivity index (χ1n) is 11.7. The Balaban J connectivity index is 1.58. The summed E-state index contributed by atoms with van der Waals surface area (Å²) in [6.07, 6.45) is 3.06. The first-order chi connectivity index (χ1) is 15.7. The Hall–Kier alpha value is -2.95. The highest BCUT2D eigenvalue weighted by atomic mass is 28.4. The molecule has 33 heavy (non-hydrogen) atoms. The van der Waals surface area contributed by atoms with Gasteiger partial charge in [0.05, 0.1) is 5.69 Å². The summed E-state index contributed by atoms with van der Waals surface area (Å²) >= 11 is 0. The lowest BCUT2D eigenvalue weighted by Crippen LogP contribution is -2.41. The second-order valence-electron chi connectivity index (χ2n) is 10.1. The molecular formula is C29H34N2OSi. The average Bonchev–Trinajstić information content (AvgIpc) is 3.25. The lowest BCUT2D eigenvalue weighted by Gasteiger charge is -2.36. The predicted molar refractivity (Wildman–Crippen MR) is 141 cm³/mol. The molecule has 0 bridgehead atoms. The van der Waals surface area contributed by atoms with E-state index in [1.54, 1.807) is 0 Å². The fourth-order valence-corrected chi connectivity index (χ4v) is 4.63. The molecule has 170 valence electrons. The zero-order valence-corrected chi connectivity index (χ0v) is 21.4. The monoisotopic (exact) mass is 454 g/mol. The first kappa shape index (κ1) is 23.2. The van der Waals surface area contributed by atoms with Crippen LogP contribution in [-0.4, -0.2) is 24.5 Å². The number of hydrogen-bond acceptors (Lipinski definition) is 2. The van der Waals surface area contributed by atoms with E-state index in [1.165, 1.54) is 5.56 Å². The van der Waals surface area contributed by atoms with Crippen molar-refractivity contribution in [3.63, 3.8) is 0 Å². The summed E-state index contributed by atoms with van der Waals surface area (Å²) < 4.78 is 8.55. The van der Waals surface area contributed by atoms with Crippen LogP contribution in [0.25, 0.3) is 28.3 Å². The largest absolute Gasteiger partial charge is 0.416 e. The summed E-state index contributed by atoms with van der Waals surface area (Å²) in [5.74, 6) is 0.948. The number of rotatable bonds is 7. The fraction of sp³-hybridized carbons (Fsp3) is 0.276. The predicted octanol–water partition coefficient (Wildman–Crippen LogP) is 7.77. The molecule has 0 aliphatic heterocycles. The highest BCUT2D eigenvalue weighted by Gasteiger charge is 2.36. The van der Waals surface area contributed by atoms with Crippen molar-refractivity contribution in [3.8, 4) is 28.3 Å². The molecule has 0 N–H and O–H groups in total. The maximum atomic E-state index is 6.37. The van der Waals surface area contributed by atoms with E-state index < -0.39 is 8.32 Å². The first-order valence-corrected chi connectivity index (χ1v) is 14.6. The number of aromatic nitrogens is 2. The van der Waals surface area contributed by atoms with Crippen LogP contribution in [0.1, 0.15) is 26.3 Å². The van der Waals surface area contributed by atoms with Crippen LogP contribution in [0.2, 0.25) is 18.1 Å². The van der Waals surface area contributed by atoms with Gasteiger partial charge in [-0.05, 0) is 42.2 Å². The van der Waals surface area contributed by atoms with E-state index in [0.717, 1.165) is 41.4 Å². The molecule has 0 saturated heterocycles. The molecule has 4 heteroatoms. The minimum Gasteiger partial charge on any atom is -0.416 e. The maximum Gasteiger partial charge on any atom is 0.191 e. The quantitative estimate of drug-likeness (QED) is 0.267. The highest BCUT2D eigenvalue weighted by molar-refractivity contribution is 6.74. The number of hydrogen-bond donors (Lipinski definition) is 0. The second kappa shape index (κ2) is 9.50. The van der Waals surface area contributed by atoms with Crippen LogP contribution in [0.4, 0.5) is 0 Å². The van der Waals surface area contributed by atoms with Gasteiger partial charge in [-0.2, -0.15) is 0 Å². The molecule has 1 aromatic heterocycles. The van der Waals surface area contributed by atoms with Crippen molar-refractivity contribution in [1.82, 2.24) is 9.55 Å². The normalized spacial score (nSPS) is 12.2. The molecule has 4 aromatic rings. The Bertz CT molecular complexity index is 1170. The van der Waals surface area contributed by atoms with Crippen LogP contribution in [0.3, 0.4) is 0 Å². The van der Waals surface area contributed by atoms with Gasteiger partial charge in [0, 0.05) is 29.6 Å². The van der Waals surface area contributed by atoms with Crippen LogP contribution in [0.15, 0.2) is 91.1 Å². The minimum atomic E-state index is -1.71. The molecule has 1 heterocycles. The summed E-state index contributed by atoms with van der Waals surface area (Å²) in [6, 6.07) is 29.5. The van der Waals surface area contributed by atoms with Gasteiger partial charge in [-0.15, -0.1) is 0 Å². The third-order valence-electron chi connectivity index (χ3n) is 6.68. The van der Waals surface area contributed by atoms with Crippen LogP contribution >= 0.6 is 0 Å². The van der Waals surface area contributed by atoms with Crippen LogP contribution in [0, 0.1) is 0 Å². The zero-order valence-electron chi connectivity index (χ0n) is 20.4. The molecule has 0 atom stereocenters. The molecule has 0 amide bonds. The van der Waals surface area contributed by atoms with Gasteiger partial charge in [-0.25, -0.2) is 4.98 Å². The fourth-order valence-electron chi connectivity index (χ4n) is 3.58. The van der Waals surface area contributed by atoms with Crippen molar-refractivity contribution in [1.29, 1.82) is 0 Å². The van der Waals surface area contributed by atoms with Gasteiger partial charge in [0.15, 0.2) is 8.32 Å². The molecule has 0 spiro atoms. The molecular weight excluding hydrogens is 420 g/mol. The number of imidazole rings is 1.